The summed E-state index contributed by atoms with van der Waals surface area (Å²) in [6, 6.07) is 9.40. The third-order valence-electron chi connectivity index (χ3n) is 1.91. The van der Waals surface area contributed by atoms with Crippen molar-refractivity contribution in [2.75, 3.05) is 5.73 Å². The Hall–Kier alpha value is -1.41. The summed E-state index contributed by atoms with van der Waals surface area (Å²) in [6.07, 6.45) is 1.82. The maximum atomic E-state index is 5.77. The van der Waals surface area contributed by atoms with Crippen LogP contribution >= 0.6 is 11.6 Å². The molecule has 0 aliphatic rings. The van der Waals surface area contributed by atoms with Crippen molar-refractivity contribution in [2.45, 2.75) is 0 Å². The highest BCUT2D eigenvalue weighted by atomic mass is 35.5. The van der Waals surface area contributed by atoms with Crippen LogP contribution in [0.5, 0.6) is 0 Å². The van der Waals surface area contributed by atoms with E-state index in [0.717, 1.165) is 22.0 Å². The van der Waals surface area contributed by atoms with E-state index in [1.165, 1.54) is 0 Å². The quantitative estimate of drug-likeness (QED) is 0.717. The third-order valence-corrected chi connectivity index (χ3v) is 2.16. The molecule has 0 amide bonds. The number of H-pyrrole nitrogens is 1. The molecule has 66 valence electrons. The van der Waals surface area contributed by atoms with E-state index < -0.39 is 0 Å². The molecule has 2 aromatic rings. The summed E-state index contributed by atoms with van der Waals surface area (Å²) < 4.78 is 0. The summed E-state index contributed by atoms with van der Waals surface area (Å²) in [7, 11) is 0. The van der Waals surface area contributed by atoms with Gasteiger partial charge in [0.2, 0.25) is 0 Å². The summed E-state index contributed by atoms with van der Waals surface area (Å²) in [5.41, 5.74) is 8.49. The second kappa shape index (κ2) is 3.15. The molecule has 0 aliphatic carbocycles. The van der Waals surface area contributed by atoms with Crippen molar-refractivity contribution < 1.29 is 0 Å². The van der Waals surface area contributed by atoms with Crippen LogP contribution in [0.1, 0.15) is 0 Å². The maximum absolute atomic E-state index is 5.77. The van der Waals surface area contributed by atoms with Crippen LogP contribution in [0, 0.1) is 0 Å². The predicted octanol–water partition coefficient (Wildman–Crippen LogP) is 2.92. The van der Waals surface area contributed by atoms with Crippen LogP contribution in [-0.4, -0.2) is 4.98 Å². The topological polar surface area (TPSA) is 41.8 Å². The lowest BCUT2D eigenvalue weighted by Gasteiger charge is -1.99. The molecule has 0 bridgehead atoms. The van der Waals surface area contributed by atoms with Crippen LogP contribution < -0.4 is 5.73 Å². The number of hydrogen-bond donors (Lipinski definition) is 2. The SMILES string of the molecule is Nc1cc[nH]c1-c1ccc(Cl)cc1. The van der Waals surface area contributed by atoms with E-state index in [9.17, 15) is 0 Å². The van der Waals surface area contributed by atoms with Crippen molar-refractivity contribution in [1.82, 2.24) is 4.98 Å². The van der Waals surface area contributed by atoms with Crippen LogP contribution in [-0.2, 0) is 0 Å². The molecular weight excluding hydrogens is 184 g/mol. The molecule has 0 saturated carbocycles. The highest BCUT2D eigenvalue weighted by molar-refractivity contribution is 6.30. The number of aromatic amines is 1. The van der Waals surface area contributed by atoms with Gasteiger partial charge in [0.15, 0.2) is 0 Å². The Bertz CT molecular complexity index is 403. The fourth-order valence-corrected chi connectivity index (χ4v) is 1.37. The number of halogens is 1. The van der Waals surface area contributed by atoms with E-state index in [2.05, 4.69) is 4.98 Å². The van der Waals surface area contributed by atoms with Crippen molar-refractivity contribution in [2.24, 2.45) is 0 Å². The van der Waals surface area contributed by atoms with Crippen molar-refractivity contribution in [1.29, 1.82) is 0 Å². The molecule has 1 aromatic carbocycles. The van der Waals surface area contributed by atoms with Gasteiger partial charge in [-0.1, -0.05) is 23.7 Å². The van der Waals surface area contributed by atoms with Gasteiger partial charge >= 0.3 is 0 Å². The zero-order valence-corrected chi connectivity index (χ0v) is 7.68. The Morgan fingerprint density at radius 2 is 1.77 bits per heavy atom. The zero-order chi connectivity index (χ0) is 9.26. The number of nitrogens with two attached hydrogens (primary N) is 1. The van der Waals surface area contributed by atoms with Gasteiger partial charge in [0, 0.05) is 16.8 Å². The van der Waals surface area contributed by atoms with Crippen LogP contribution in [0.2, 0.25) is 5.02 Å². The first kappa shape index (κ1) is 8.20. The molecule has 1 aromatic heterocycles. The van der Waals surface area contributed by atoms with Gasteiger partial charge in [0.1, 0.15) is 0 Å². The normalized spacial score (nSPS) is 10.2. The molecule has 0 saturated heterocycles. The van der Waals surface area contributed by atoms with Crippen molar-refractivity contribution in [3.63, 3.8) is 0 Å². The summed E-state index contributed by atoms with van der Waals surface area (Å²) >= 11 is 5.77. The summed E-state index contributed by atoms with van der Waals surface area (Å²) in [4.78, 5) is 3.07. The van der Waals surface area contributed by atoms with Gasteiger partial charge in [-0.3, -0.25) is 0 Å². The lowest BCUT2D eigenvalue weighted by atomic mass is 10.1. The lowest BCUT2D eigenvalue weighted by molar-refractivity contribution is 1.40. The molecule has 0 unspecified atom stereocenters. The Kier molecular flexibility index (Phi) is 1.99. The average molecular weight is 193 g/mol. The van der Waals surface area contributed by atoms with Gasteiger partial charge in [-0.2, -0.15) is 0 Å². The fourth-order valence-electron chi connectivity index (χ4n) is 1.25. The first-order valence-corrected chi connectivity index (χ1v) is 4.34. The number of rotatable bonds is 1. The Balaban J connectivity index is 2.47. The minimum Gasteiger partial charge on any atom is -0.397 e. The van der Waals surface area contributed by atoms with Gasteiger partial charge in [-0.25, -0.2) is 0 Å². The number of anilines is 1. The number of hydrogen-bond acceptors (Lipinski definition) is 1. The molecule has 0 fully saturated rings. The number of benzene rings is 1. The lowest BCUT2D eigenvalue weighted by Crippen LogP contribution is -1.85. The third kappa shape index (κ3) is 1.53. The summed E-state index contributed by atoms with van der Waals surface area (Å²) in [5.74, 6) is 0. The maximum Gasteiger partial charge on any atom is 0.0687 e. The molecular formula is C10H9ClN2. The zero-order valence-electron chi connectivity index (χ0n) is 6.92. The number of aromatic nitrogens is 1. The van der Waals surface area contributed by atoms with Crippen molar-refractivity contribution >= 4 is 17.3 Å². The average Bonchev–Trinajstić information content (AvgIpc) is 2.53. The van der Waals surface area contributed by atoms with Gasteiger partial charge < -0.3 is 10.7 Å². The fraction of sp³-hybridized carbons (Fsp3) is 0. The summed E-state index contributed by atoms with van der Waals surface area (Å²) in [5, 5.41) is 0.730. The van der Waals surface area contributed by atoms with Gasteiger partial charge in [0.05, 0.1) is 11.4 Å². The van der Waals surface area contributed by atoms with Crippen molar-refractivity contribution in [3.8, 4) is 11.3 Å². The molecule has 0 radical (unpaired) electrons. The molecule has 0 spiro atoms. The molecule has 0 aliphatic heterocycles. The van der Waals surface area contributed by atoms with E-state index >= 15 is 0 Å². The molecule has 1 heterocycles. The first-order chi connectivity index (χ1) is 6.27. The van der Waals surface area contributed by atoms with Crippen LogP contribution in [0.3, 0.4) is 0 Å². The van der Waals surface area contributed by atoms with E-state index in [0.29, 0.717) is 0 Å². The van der Waals surface area contributed by atoms with Gasteiger partial charge in [0.25, 0.3) is 0 Å². The molecule has 3 heteroatoms. The van der Waals surface area contributed by atoms with E-state index in [-0.39, 0.29) is 0 Å². The van der Waals surface area contributed by atoms with E-state index in [1.807, 2.05) is 36.5 Å². The smallest absolute Gasteiger partial charge is 0.0687 e. The molecule has 2 nitrogen and oxygen atoms in total. The van der Waals surface area contributed by atoms with Crippen LogP contribution in [0.25, 0.3) is 11.3 Å². The predicted molar refractivity (Wildman–Crippen MR) is 55.7 cm³/mol. The van der Waals surface area contributed by atoms with Crippen molar-refractivity contribution in [3.05, 3.63) is 41.6 Å². The molecule has 13 heavy (non-hydrogen) atoms. The Morgan fingerprint density at radius 3 is 2.31 bits per heavy atom. The molecule has 0 atom stereocenters. The van der Waals surface area contributed by atoms with Crippen LogP contribution in [0.15, 0.2) is 36.5 Å². The highest BCUT2D eigenvalue weighted by Gasteiger charge is 2.01. The summed E-state index contributed by atoms with van der Waals surface area (Å²) in [6.45, 7) is 0. The standard InChI is InChI=1S/C10H9ClN2/c11-8-3-1-7(2-4-8)10-9(12)5-6-13-10/h1-6,13H,12H2. The Labute approximate surface area is 81.3 Å². The molecule has 2 rings (SSSR count). The number of nitrogen functional groups attached to an aromatic ring is 1. The van der Waals surface area contributed by atoms with Gasteiger partial charge in [-0.05, 0) is 18.2 Å². The second-order valence-electron chi connectivity index (χ2n) is 2.81. The minimum atomic E-state index is 0.730. The molecule has 3 N–H and O–H groups in total. The van der Waals surface area contributed by atoms with Crippen LogP contribution in [0.4, 0.5) is 5.69 Å². The van der Waals surface area contributed by atoms with E-state index in [4.69, 9.17) is 17.3 Å². The highest BCUT2D eigenvalue weighted by Crippen LogP contribution is 2.24. The second-order valence-corrected chi connectivity index (χ2v) is 3.25. The minimum absolute atomic E-state index is 0.730. The number of nitrogens with one attached hydrogen (secondary N) is 1. The van der Waals surface area contributed by atoms with E-state index in [1.54, 1.807) is 0 Å². The monoisotopic (exact) mass is 192 g/mol. The largest absolute Gasteiger partial charge is 0.397 e. The van der Waals surface area contributed by atoms with Gasteiger partial charge in [-0.15, -0.1) is 0 Å². The first-order valence-electron chi connectivity index (χ1n) is 3.96. The Morgan fingerprint density at radius 1 is 1.08 bits per heavy atom.